The highest BCUT2D eigenvalue weighted by atomic mass is 28.4. The Morgan fingerprint density at radius 3 is 2.09 bits per heavy atom. The van der Waals surface area contributed by atoms with E-state index in [9.17, 15) is 22.7 Å². The summed E-state index contributed by atoms with van der Waals surface area (Å²) in [6.07, 6.45) is -7.08. The molecule has 2 atom stereocenters. The van der Waals surface area contributed by atoms with Crippen molar-refractivity contribution >= 4 is 8.32 Å². The van der Waals surface area contributed by atoms with Crippen molar-refractivity contribution < 1.29 is 27.1 Å². The maximum atomic E-state index is 14.1. The molecule has 7 heteroatoms. The van der Waals surface area contributed by atoms with Gasteiger partial charge in [0.1, 0.15) is 11.9 Å². The summed E-state index contributed by atoms with van der Waals surface area (Å²) in [5.74, 6) is -1.45. The zero-order chi connectivity index (χ0) is 18.2. The van der Waals surface area contributed by atoms with Gasteiger partial charge in [-0.2, -0.15) is 13.2 Å². The quantitative estimate of drug-likeness (QED) is 0.589. The first-order chi connectivity index (χ1) is 10.2. The lowest BCUT2D eigenvalue weighted by atomic mass is 10.0. The van der Waals surface area contributed by atoms with Gasteiger partial charge >= 0.3 is 6.18 Å². The highest BCUT2D eigenvalue weighted by molar-refractivity contribution is 6.74. The zero-order valence-electron chi connectivity index (χ0n) is 14.3. The van der Waals surface area contributed by atoms with Crippen LogP contribution in [0.2, 0.25) is 18.1 Å². The van der Waals surface area contributed by atoms with Crippen LogP contribution in [0.4, 0.5) is 17.6 Å². The molecule has 0 aromatic heterocycles. The third-order valence-corrected chi connectivity index (χ3v) is 8.96. The zero-order valence-corrected chi connectivity index (χ0v) is 15.3. The molecule has 0 aliphatic rings. The molecule has 23 heavy (non-hydrogen) atoms. The standard InChI is InChI=1S/C16H24F4O2Si/c1-10(22-23(5,6)15(2,3)4)14(21)11-8-7-9-12(13(11)17)16(18,19)20/h7-10,14,21H,1-6H3/t10-,14-/m0/s1. The molecule has 0 unspecified atom stereocenters. The fraction of sp³-hybridized carbons (Fsp3) is 0.625. The van der Waals surface area contributed by atoms with Gasteiger partial charge in [-0.05, 0) is 31.1 Å². The number of benzene rings is 1. The first-order valence-corrected chi connectivity index (χ1v) is 10.3. The minimum atomic E-state index is -4.80. The summed E-state index contributed by atoms with van der Waals surface area (Å²) in [5, 5.41) is 10.1. The lowest BCUT2D eigenvalue weighted by Crippen LogP contribution is -2.44. The molecule has 0 radical (unpaired) electrons. The van der Waals surface area contributed by atoms with Gasteiger partial charge in [0.05, 0.1) is 11.7 Å². The van der Waals surface area contributed by atoms with Crippen LogP contribution < -0.4 is 0 Å². The van der Waals surface area contributed by atoms with Gasteiger partial charge < -0.3 is 9.53 Å². The SMILES string of the molecule is C[C@H](O[Si](C)(C)C(C)(C)C)[C@H](O)c1cccc(C(F)(F)F)c1F. The lowest BCUT2D eigenvalue weighted by Gasteiger charge is -2.39. The molecular formula is C16H24F4O2Si. The van der Waals surface area contributed by atoms with Gasteiger partial charge in [0, 0.05) is 5.56 Å². The van der Waals surface area contributed by atoms with Crippen LogP contribution in [0.15, 0.2) is 18.2 Å². The fourth-order valence-corrected chi connectivity index (χ4v) is 3.37. The van der Waals surface area contributed by atoms with E-state index in [4.69, 9.17) is 4.43 Å². The van der Waals surface area contributed by atoms with E-state index in [-0.39, 0.29) is 5.04 Å². The normalized spacial score (nSPS) is 16.3. The second kappa shape index (κ2) is 6.53. The first kappa shape index (κ1) is 20.1. The summed E-state index contributed by atoms with van der Waals surface area (Å²) < 4.78 is 58.4. The highest BCUT2D eigenvalue weighted by Gasteiger charge is 2.41. The molecule has 0 fully saturated rings. The Balaban J connectivity index is 3.09. The van der Waals surface area contributed by atoms with E-state index in [1.165, 1.54) is 0 Å². The van der Waals surface area contributed by atoms with Crippen molar-refractivity contribution in [2.75, 3.05) is 0 Å². The van der Waals surface area contributed by atoms with E-state index in [2.05, 4.69) is 0 Å². The van der Waals surface area contributed by atoms with Crippen molar-refractivity contribution in [2.24, 2.45) is 0 Å². The minimum absolute atomic E-state index is 0.132. The Morgan fingerprint density at radius 2 is 1.65 bits per heavy atom. The summed E-state index contributed by atoms with van der Waals surface area (Å²) in [6, 6.07) is 2.90. The average Bonchev–Trinajstić information content (AvgIpc) is 2.34. The van der Waals surface area contributed by atoms with Crippen LogP contribution >= 0.6 is 0 Å². The van der Waals surface area contributed by atoms with Gasteiger partial charge in [0.25, 0.3) is 0 Å². The topological polar surface area (TPSA) is 29.5 Å². The van der Waals surface area contributed by atoms with Crippen LogP contribution in [-0.2, 0) is 10.6 Å². The molecule has 0 bridgehead atoms. The Labute approximate surface area is 135 Å². The van der Waals surface area contributed by atoms with Gasteiger partial charge in [0.2, 0.25) is 0 Å². The fourth-order valence-electron chi connectivity index (χ4n) is 1.96. The van der Waals surface area contributed by atoms with Crippen LogP contribution in [0.25, 0.3) is 0 Å². The lowest BCUT2D eigenvalue weighted by molar-refractivity contribution is -0.140. The van der Waals surface area contributed by atoms with Gasteiger partial charge in [0.15, 0.2) is 8.32 Å². The number of halogens is 4. The number of rotatable bonds is 4. The molecule has 0 aliphatic heterocycles. The Morgan fingerprint density at radius 1 is 1.13 bits per heavy atom. The molecular weight excluding hydrogens is 328 g/mol. The van der Waals surface area contributed by atoms with E-state index >= 15 is 0 Å². The average molecular weight is 352 g/mol. The number of hydrogen-bond donors (Lipinski definition) is 1. The van der Waals surface area contributed by atoms with Gasteiger partial charge in [-0.1, -0.05) is 32.9 Å². The van der Waals surface area contributed by atoms with Crippen LogP contribution in [0, 0.1) is 5.82 Å². The largest absolute Gasteiger partial charge is 0.419 e. The van der Waals surface area contributed by atoms with Crippen LogP contribution in [-0.4, -0.2) is 19.5 Å². The number of aliphatic hydroxyl groups excluding tert-OH is 1. The van der Waals surface area contributed by atoms with Crippen molar-refractivity contribution in [3.63, 3.8) is 0 Å². The van der Waals surface area contributed by atoms with Crippen LogP contribution in [0.5, 0.6) is 0 Å². The maximum Gasteiger partial charge on any atom is 0.419 e. The second-order valence-corrected chi connectivity index (χ2v) is 12.0. The molecule has 2 nitrogen and oxygen atoms in total. The number of hydrogen-bond acceptors (Lipinski definition) is 2. The Hall–Kier alpha value is -0.923. The molecule has 0 saturated heterocycles. The molecule has 0 heterocycles. The van der Waals surface area contributed by atoms with E-state index < -0.39 is 43.6 Å². The van der Waals surface area contributed by atoms with Crippen molar-refractivity contribution in [2.45, 2.75) is 64.2 Å². The van der Waals surface area contributed by atoms with Crippen LogP contribution in [0.3, 0.4) is 0 Å². The molecule has 0 aliphatic carbocycles. The van der Waals surface area contributed by atoms with Gasteiger partial charge in [-0.3, -0.25) is 0 Å². The predicted octanol–water partition coefficient (Wildman–Crippen LogP) is 5.29. The summed E-state index contributed by atoms with van der Waals surface area (Å²) in [5.41, 5.74) is -1.78. The van der Waals surface area contributed by atoms with Crippen molar-refractivity contribution in [1.29, 1.82) is 0 Å². The van der Waals surface area contributed by atoms with E-state index in [1.54, 1.807) is 6.92 Å². The number of alkyl halides is 3. The summed E-state index contributed by atoms with van der Waals surface area (Å²) in [4.78, 5) is 0. The third-order valence-electron chi connectivity index (χ3n) is 4.38. The summed E-state index contributed by atoms with van der Waals surface area (Å²) in [7, 11) is -2.24. The Bertz CT molecular complexity index is 550. The summed E-state index contributed by atoms with van der Waals surface area (Å²) >= 11 is 0. The van der Waals surface area contributed by atoms with Crippen LogP contribution in [0.1, 0.15) is 44.9 Å². The molecule has 132 valence electrons. The minimum Gasteiger partial charge on any atom is -0.411 e. The molecule has 1 aromatic carbocycles. The first-order valence-electron chi connectivity index (χ1n) is 7.40. The predicted molar refractivity (Wildman–Crippen MR) is 84.1 cm³/mol. The molecule has 1 aromatic rings. The van der Waals surface area contributed by atoms with E-state index in [0.29, 0.717) is 6.07 Å². The molecule has 1 N–H and O–H groups in total. The van der Waals surface area contributed by atoms with Gasteiger partial charge in [-0.25, -0.2) is 4.39 Å². The second-order valence-electron chi connectivity index (χ2n) is 7.23. The smallest absolute Gasteiger partial charge is 0.411 e. The monoisotopic (exact) mass is 352 g/mol. The summed E-state index contributed by atoms with van der Waals surface area (Å²) in [6.45, 7) is 11.5. The van der Waals surface area contributed by atoms with Gasteiger partial charge in [-0.15, -0.1) is 0 Å². The Kier molecular flexibility index (Phi) is 5.71. The molecule has 1 rings (SSSR count). The van der Waals surface area contributed by atoms with E-state index in [1.807, 2.05) is 33.9 Å². The molecule has 0 spiro atoms. The molecule has 0 amide bonds. The maximum absolute atomic E-state index is 14.1. The highest BCUT2D eigenvalue weighted by Crippen LogP contribution is 2.39. The number of aliphatic hydroxyl groups is 1. The van der Waals surface area contributed by atoms with Crippen molar-refractivity contribution in [1.82, 2.24) is 0 Å². The van der Waals surface area contributed by atoms with Crippen molar-refractivity contribution in [3.05, 3.63) is 35.1 Å². The van der Waals surface area contributed by atoms with E-state index in [0.717, 1.165) is 12.1 Å². The van der Waals surface area contributed by atoms with Crippen molar-refractivity contribution in [3.8, 4) is 0 Å². The third kappa shape index (κ3) is 4.55. The molecule has 0 saturated carbocycles.